The summed E-state index contributed by atoms with van der Waals surface area (Å²) in [6, 6.07) is 18.1. The van der Waals surface area contributed by atoms with Crippen LogP contribution in [0.4, 0.5) is 5.69 Å². The first-order valence-electron chi connectivity index (χ1n) is 4.28. The van der Waals surface area contributed by atoms with Crippen molar-refractivity contribution in [3.05, 3.63) is 54.6 Å². The molecular weight excluding hydrogens is 222 g/mol. The van der Waals surface area contributed by atoms with Crippen molar-refractivity contribution in [3.63, 3.8) is 0 Å². The van der Waals surface area contributed by atoms with E-state index < -0.39 is 0 Å². The Morgan fingerprint density at radius 3 is 1.93 bits per heavy atom. The van der Waals surface area contributed by atoms with Crippen molar-refractivity contribution in [1.29, 1.82) is 0 Å². The number of hydrogen-bond donors (Lipinski definition) is 1. The van der Waals surface area contributed by atoms with Crippen molar-refractivity contribution in [2.24, 2.45) is 0 Å². The molecule has 1 nitrogen and oxygen atoms in total. The van der Waals surface area contributed by atoms with Gasteiger partial charge in [0.05, 0.1) is 0 Å². The van der Waals surface area contributed by atoms with Gasteiger partial charge in [-0.2, -0.15) is 0 Å². The maximum absolute atomic E-state index is 5.85. The van der Waals surface area contributed by atoms with Crippen LogP contribution in [-0.4, -0.2) is 0 Å². The summed E-state index contributed by atoms with van der Waals surface area (Å²) in [7, 11) is 0. The Labute approximate surface area is 94.4 Å². The Kier molecular flexibility index (Phi) is 3.75. The van der Waals surface area contributed by atoms with Gasteiger partial charge < -0.3 is 5.73 Å². The number of nitrogens with two attached hydrogens (primary N) is 1. The summed E-state index contributed by atoms with van der Waals surface area (Å²) < 4.78 is 0. The van der Waals surface area contributed by atoms with Crippen molar-refractivity contribution in [2.75, 3.05) is 5.73 Å². The van der Waals surface area contributed by atoms with Gasteiger partial charge in [-0.25, -0.2) is 0 Å². The molecule has 0 spiro atoms. The van der Waals surface area contributed by atoms with Crippen molar-refractivity contribution in [1.82, 2.24) is 0 Å². The predicted molar refractivity (Wildman–Crippen MR) is 56.3 cm³/mol. The van der Waals surface area contributed by atoms with Crippen LogP contribution in [-0.2, 0) is 17.1 Å². The van der Waals surface area contributed by atoms with Crippen LogP contribution in [0.1, 0.15) is 0 Å². The van der Waals surface area contributed by atoms with Crippen molar-refractivity contribution < 1.29 is 17.1 Å². The van der Waals surface area contributed by atoms with Gasteiger partial charge in [0.2, 0.25) is 0 Å². The van der Waals surface area contributed by atoms with E-state index in [2.05, 4.69) is 12.1 Å². The molecule has 0 saturated heterocycles. The first kappa shape index (κ1) is 10.8. The smallest absolute Gasteiger partial charge is 0.0393 e. The molecule has 0 aliphatic heterocycles. The van der Waals surface area contributed by atoms with Gasteiger partial charge in [0.25, 0.3) is 0 Å². The van der Waals surface area contributed by atoms with Gasteiger partial charge in [0.1, 0.15) is 0 Å². The molecule has 2 N–H and O–H groups in total. The van der Waals surface area contributed by atoms with Gasteiger partial charge in [-0.1, -0.05) is 48.5 Å². The van der Waals surface area contributed by atoms with E-state index in [4.69, 9.17) is 5.73 Å². The summed E-state index contributed by atoms with van der Waals surface area (Å²) in [5, 5.41) is 0. The molecule has 0 bridgehead atoms. The van der Waals surface area contributed by atoms with E-state index in [-0.39, 0.29) is 17.1 Å². The number of anilines is 1. The van der Waals surface area contributed by atoms with Gasteiger partial charge in [-0.3, -0.25) is 0 Å². The Morgan fingerprint density at radius 1 is 0.714 bits per heavy atom. The minimum atomic E-state index is 0. The second-order valence-corrected chi connectivity index (χ2v) is 2.95. The molecular formula is C12H11CuN. The minimum Gasteiger partial charge on any atom is -0.398 e. The van der Waals surface area contributed by atoms with Gasteiger partial charge in [-0.05, 0) is 11.6 Å². The molecule has 0 aliphatic carbocycles. The third-order valence-electron chi connectivity index (χ3n) is 2.05. The Balaban J connectivity index is 0.000000980. The molecule has 0 amide bonds. The summed E-state index contributed by atoms with van der Waals surface area (Å²) >= 11 is 0. The maximum atomic E-state index is 5.85. The normalized spacial score (nSPS) is 9.14. The average Bonchev–Trinajstić information content (AvgIpc) is 2.20. The largest absolute Gasteiger partial charge is 0.398 e. The van der Waals surface area contributed by atoms with E-state index in [0.29, 0.717) is 0 Å². The van der Waals surface area contributed by atoms with Gasteiger partial charge in [0, 0.05) is 28.3 Å². The van der Waals surface area contributed by atoms with E-state index in [9.17, 15) is 0 Å². The zero-order valence-corrected chi connectivity index (χ0v) is 8.52. The summed E-state index contributed by atoms with van der Waals surface area (Å²) in [4.78, 5) is 0. The minimum absolute atomic E-state index is 0. The van der Waals surface area contributed by atoms with Crippen molar-refractivity contribution in [3.8, 4) is 11.1 Å². The van der Waals surface area contributed by atoms with Gasteiger partial charge in [-0.15, -0.1) is 0 Å². The molecule has 0 unspecified atom stereocenters. The topological polar surface area (TPSA) is 26.0 Å². The van der Waals surface area contributed by atoms with Gasteiger partial charge in [0.15, 0.2) is 0 Å². The molecule has 0 heterocycles. The zero-order valence-electron chi connectivity index (χ0n) is 7.58. The van der Waals surface area contributed by atoms with Crippen LogP contribution in [0, 0.1) is 0 Å². The summed E-state index contributed by atoms with van der Waals surface area (Å²) in [5.74, 6) is 0. The van der Waals surface area contributed by atoms with Crippen LogP contribution in [0.5, 0.6) is 0 Å². The van der Waals surface area contributed by atoms with E-state index in [0.717, 1.165) is 11.3 Å². The molecule has 0 aliphatic rings. The van der Waals surface area contributed by atoms with Crippen LogP contribution in [0.3, 0.4) is 0 Å². The Bertz CT molecular complexity index is 398. The number of para-hydroxylation sites is 1. The Hall–Kier alpha value is -1.24. The summed E-state index contributed by atoms with van der Waals surface area (Å²) in [5.41, 5.74) is 8.95. The molecule has 14 heavy (non-hydrogen) atoms. The summed E-state index contributed by atoms with van der Waals surface area (Å²) in [6.45, 7) is 0. The molecule has 0 saturated carbocycles. The number of benzene rings is 2. The molecule has 0 aromatic heterocycles. The maximum Gasteiger partial charge on any atom is 0.0393 e. The molecule has 2 aromatic carbocycles. The average molecular weight is 233 g/mol. The SMILES string of the molecule is Nc1ccccc1-c1ccccc1.[Cu]. The molecule has 1 radical (unpaired) electrons. The number of nitrogen functional groups attached to an aromatic ring is 1. The fourth-order valence-electron chi connectivity index (χ4n) is 1.38. The van der Waals surface area contributed by atoms with Crippen LogP contribution < -0.4 is 5.73 Å². The van der Waals surface area contributed by atoms with E-state index in [1.54, 1.807) is 0 Å². The molecule has 2 rings (SSSR count). The second kappa shape index (κ2) is 4.85. The first-order valence-corrected chi connectivity index (χ1v) is 4.28. The van der Waals surface area contributed by atoms with Crippen LogP contribution >= 0.6 is 0 Å². The zero-order chi connectivity index (χ0) is 9.10. The summed E-state index contributed by atoms with van der Waals surface area (Å²) in [6.07, 6.45) is 0. The van der Waals surface area contributed by atoms with E-state index in [1.165, 1.54) is 5.56 Å². The number of hydrogen-bond acceptors (Lipinski definition) is 1. The molecule has 0 fully saturated rings. The molecule has 75 valence electrons. The Morgan fingerprint density at radius 2 is 1.29 bits per heavy atom. The van der Waals surface area contributed by atoms with E-state index in [1.807, 2.05) is 42.5 Å². The van der Waals surface area contributed by atoms with Crippen LogP contribution in [0.2, 0.25) is 0 Å². The monoisotopic (exact) mass is 232 g/mol. The first-order chi connectivity index (χ1) is 6.38. The number of rotatable bonds is 1. The molecule has 2 aromatic rings. The van der Waals surface area contributed by atoms with Crippen molar-refractivity contribution >= 4 is 5.69 Å². The molecule has 0 atom stereocenters. The van der Waals surface area contributed by atoms with Crippen molar-refractivity contribution in [2.45, 2.75) is 0 Å². The quantitative estimate of drug-likeness (QED) is 0.594. The van der Waals surface area contributed by atoms with E-state index >= 15 is 0 Å². The standard InChI is InChI=1S/C12H11N.Cu/c13-12-9-5-4-8-11(12)10-6-2-1-3-7-10;/h1-9H,13H2;. The molecule has 2 heteroatoms. The van der Waals surface area contributed by atoms with Crippen LogP contribution in [0.15, 0.2) is 54.6 Å². The van der Waals surface area contributed by atoms with Gasteiger partial charge >= 0.3 is 0 Å². The fourth-order valence-corrected chi connectivity index (χ4v) is 1.38. The third-order valence-corrected chi connectivity index (χ3v) is 2.05. The fraction of sp³-hybridized carbons (Fsp3) is 0. The van der Waals surface area contributed by atoms with Crippen LogP contribution in [0.25, 0.3) is 11.1 Å². The second-order valence-electron chi connectivity index (χ2n) is 2.95. The predicted octanol–water partition coefficient (Wildman–Crippen LogP) is 2.93. The third kappa shape index (κ3) is 2.16.